The fraction of sp³-hybridized carbons (Fsp3) is 0.600. The molecule has 0 saturated heterocycles. The summed E-state index contributed by atoms with van der Waals surface area (Å²) >= 11 is 0. The second-order valence-electron chi connectivity index (χ2n) is 8.29. The second-order valence-corrected chi connectivity index (χ2v) is 10.2. The summed E-state index contributed by atoms with van der Waals surface area (Å²) in [6.07, 6.45) is 9.48. The molecule has 31 heavy (non-hydrogen) atoms. The van der Waals surface area contributed by atoms with Crippen molar-refractivity contribution in [3.05, 3.63) is 30.4 Å². The summed E-state index contributed by atoms with van der Waals surface area (Å²) < 4.78 is 25.1. The molecule has 2 amide bonds. The first kappa shape index (κ1) is 26.7. The molecule has 1 rings (SSSR count). The molecule has 0 spiro atoms. The van der Waals surface area contributed by atoms with Crippen molar-refractivity contribution in [2.75, 3.05) is 12.8 Å². The predicted octanol–water partition coefficient (Wildman–Crippen LogP) is 1.61. The van der Waals surface area contributed by atoms with Gasteiger partial charge in [0.05, 0.1) is 18.1 Å². The van der Waals surface area contributed by atoms with Crippen LogP contribution < -0.4 is 10.9 Å². The number of hydrogen-bond acceptors (Lipinski definition) is 7. The summed E-state index contributed by atoms with van der Waals surface area (Å²) in [6, 6.07) is 0. The van der Waals surface area contributed by atoms with Crippen LogP contribution in [0.1, 0.15) is 46.1 Å². The number of carbonyl (C=O) groups is 2. The molecule has 0 bridgehead atoms. The van der Waals surface area contributed by atoms with Gasteiger partial charge in [0.1, 0.15) is 6.33 Å². The van der Waals surface area contributed by atoms with Gasteiger partial charge in [0.15, 0.2) is 0 Å². The van der Waals surface area contributed by atoms with Crippen molar-refractivity contribution in [2.24, 2.45) is 23.7 Å². The molecular formula is C20H33N5O5S. The Bertz CT molecular complexity index is 843. The largest absolute Gasteiger partial charge is 0.289 e. The van der Waals surface area contributed by atoms with E-state index in [4.69, 9.17) is 0 Å². The maximum Gasteiger partial charge on any atom is 0.247 e. The average molecular weight is 456 g/mol. The number of carbonyl (C=O) groups excluding carboxylic acids is 2. The Hall–Kier alpha value is -2.37. The maximum atomic E-state index is 13.1. The topological polar surface area (TPSA) is 142 Å². The smallest absolute Gasteiger partial charge is 0.247 e. The van der Waals surface area contributed by atoms with E-state index in [2.05, 4.69) is 15.4 Å². The first-order valence-electron chi connectivity index (χ1n) is 10.1. The zero-order valence-corrected chi connectivity index (χ0v) is 19.5. The normalized spacial score (nSPS) is 14.2. The minimum absolute atomic E-state index is 0.0221. The van der Waals surface area contributed by atoms with Gasteiger partial charge in [-0.15, -0.1) is 4.41 Å². The van der Waals surface area contributed by atoms with Gasteiger partial charge in [-0.2, -0.15) is 0 Å². The van der Waals surface area contributed by atoms with Gasteiger partial charge in [0.25, 0.3) is 0 Å². The molecule has 0 radical (unpaired) electrons. The van der Waals surface area contributed by atoms with Crippen molar-refractivity contribution in [1.29, 1.82) is 0 Å². The third-order valence-electron chi connectivity index (χ3n) is 4.44. The summed E-state index contributed by atoms with van der Waals surface area (Å²) in [6.45, 7) is 7.55. The van der Waals surface area contributed by atoms with Crippen molar-refractivity contribution < 1.29 is 23.2 Å². The number of hydrazine groups is 1. The zero-order chi connectivity index (χ0) is 23.6. The highest BCUT2D eigenvalue weighted by atomic mass is 32.2. The first-order chi connectivity index (χ1) is 14.5. The van der Waals surface area contributed by atoms with Gasteiger partial charge in [0.2, 0.25) is 21.8 Å². The summed E-state index contributed by atoms with van der Waals surface area (Å²) in [4.78, 5) is 33.3. The summed E-state index contributed by atoms with van der Waals surface area (Å²) in [5, 5.41) is 9.23. The number of sulfonamides is 1. The van der Waals surface area contributed by atoms with Crippen molar-refractivity contribution in [2.45, 2.75) is 40.5 Å². The van der Waals surface area contributed by atoms with E-state index in [0.29, 0.717) is 6.42 Å². The van der Waals surface area contributed by atoms with Gasteiger partial charge in [-0.3, -0.25) is 20.2 Å². The Balaban J connectivity index is 3.14. The number of nitrogens with one attached hydrogen (secondary N) is 2. The van der Waals surface area contributed by atoms with Crippen LogP contribution in [0.3, 0.4) is 0 Å². The Morgan fingerprint density at radius 1 is 1.10 bits per heavy atom. The number of aromatic nitrogens is 2. The molecule has 0 aromatic carbocycles. The van der Waals surface area contributed by atoms with Crippen molar-refractivity contribution in [1.82, 2.24) is 25.3 Å². The lowest BCUT2D eigenvalue weighted by Crippen LogP contribution is -2.51. The molecule has 3 N–H and O–H groups in total. The van der Waals surface area contributed by atoms with Crippen molar-refractivity contribution in [3.63, 3.8) is 0 Å². The second kappa shape index (κ2) is 12.5. The van der Waals surface area contributed by atoms with Crippen molar-refractivity contribution in [3.8, 4) is 0 Å². The standard InChI is InChI=1S/C20H33N5O5S/c1-14(2)9-18(19(26)23-25(12-15(3)4)31(5,29)30)17(20(27)24-28)8-6-7-16-10-21-13-22-11-16/h6-7,10-11,13-15,17-18,28H,8-9,12H2,1-5H3,(H,23,26)(H,24,27)/t17-,18-/m0/s1. The highest BCUT2D eigenvalue weighted by molar-refractivity contribution is 7.88. The molecule has 1 aromatic rings. The molecule has 1 heterocycles. The molecule has 0 aliphatic heterocycles. The molecular weight excluding hydrogens is 422 g/mol. The fourth-order valence-electron chi connectivity index (χ4n) is 3.05. The Labute approximate surface area is 184 Å². The summed E-state index contributed by atoms with van der Waals surface area (Å²) in [5.74, 6) is -3.05. The van der Waals surface area contributed by atoms with E-state index in [0.717, 1.165) is 16.2 Å². The van der Waals surface area contributed by atoms with Gasteiger partial charge in [-0.1, -0.05) is 39.8 Å². The molecule has 0 saturated carbocycles. The van der Waals surface area contributed by atoms with Gasteiger partial charge in [-0.05, 0) is 24.7 Å². The highest BCUT2D eigenvalue weighted by Crippen LogP contribution is 2.25. The number of hydroxylamine groups is 1. The molecule has 2 atom stereocenters. The van der Waals surface area contributed by atoms with E-state index in [9.17, 15) is 23.2 Å². The van der Waals surface area contributed by atoms with E-state index in [1.807, 2.05) is 27.7 Å². The number of rotatable bonds is 12. The zero-order valence-electron chi connectivity index (χ0n) is 18.6. The molecule has 0 aliphatic carbocycles. The van der Waals surface area contributed by atoms with E-state index < -0.39 is 33.7 Å². The van der Waals surface area contributed by atoms with Gasteiger partial charge >= 0.3 is 0 Å². The van der Waals surface area contributed by atoms with Gasteiger partial charge in [-0.25, -0.2) is 23.9 Å². The van der Waals surface area contributed by atoms with Crippen LogP contribution in [0.4, 0.5) is 0 Å². The monoisotopic (exact) mass is 455 g/mol. The SMILES string of the molecule is CC(C)C[C@H](C(=O)NN(CC(C)C)S(C)(=O)=O)[C@H](CC=Cc1cncnc1)C(=O)NO. The van der Waals surface area contributed by atoms with Crippen LogP contribution in [-0.4, -0.2) is 52.6 Å². The fourth-order valence-corrected chi connectivity index (χ4v) is 3.87. The van der Waals surface area contributed by atoms with Crippen LogP contribution in [0.2, 0.25) is 0 Å². The molecule has 11 heteroatoms. The predicted molar refractivity (Wildman–Crippen MR) is 117 cm³/mol. The molecule has 0 unspecified atom stereocenters. The minimum atomic E-state index is -3.70. The lowest BCUT2D eigenvalue weighted by Gasteiger charge is -2.29. The number of allylic oxidation sites excluding steroid dienone is 1. The van der Waals surface area contributed by atoms with Gasteiger partial charge < -0.3 is 0 Å². The number of hydrogen-bond donors (Lipinski definition) is 3. The lowest BCUT2D eigenvalue weighted by atomic mass is 9.82. The van der Waals surface area contributed by atoms with Crippen LogP contribution in [0.5, 0.6) is 0 Å². The van der Waals surface area contributed by atoms with Crippen LogP contribution in [0.25, 0.3) is 6.08 Å². The Kier molecular flexibility index (Phi) is 10.7. The summed E-state index contributed by atoms with van der Waals surface area (Å²) in [5.41, 5.74) is 4.81. The van der Waals surface area contributed by atoms with Crippen LogP contribution >= 0.6 is 0 Å². The average Bonchev–Trinajstić information content (AvgIpc) is 2.68. The van der Waals surface area contributed by atoms with E-state index >= 15 is 0 Å². The Morgan fingerprint density at radius 2 is 1.71 bits per heavy atom. The summed E-state index contributed by atoms with van der Waals surface area (Å²) in [7, 11) is -3.70. The molecule has 1 aromatic heterocycles. The number of nitrogens with zero attached hydrogens (tertiary/aromatic N) is 3. The van der Waals surface area contributed by atoms with Crippen molar-refractivity contribution >= 4 is 27.9 Å². The van der Waals surface area contributed by atoms with Crippen LogP contribution in [0, 0.1) is 23.7 Å². The third-order valence-corrected chi connectivity index (χ3v) is 5.48. The molecule has 174 valence electrons. The molecule has 10 nitrogen and oxygen atoms in total. The number of amides is 2. The quantitative estimate of drug-likeness (QED) is 0.321. The lowest BCUT2D eigenvalue weighted by molar-refractivity contribution is -0.141. The van der Waals surface area contributed by atoms with Crippen LogP contribution in [-0.2, 0) is 19.6 Å². The van der Waals surface area contributed by atoms with E-state index in [-0.39, 0.29) is 24.8 Å². The Morgan fingerprint density at radius 3 is 2.19 bits per heavy atom. The van der Waals surface area contributed by atoms with E-state index in [1.165, 1.54) is 6.33 Å². The first-order valence-corrected chi connectivity index (χ1v) is 11.9. The van der Waals surface area contributed by atoms with Gasteiger partial charge in [0, 0.05) is 24.5 Å². The third kappa shape index (κ3) is 9.53. The maximum absolute atomic E-state index is 13.1. The molecule has 0 fully saturated rings. The van der Waals surface area contributed by atoms with Crippen LogP contribution in [0.15, 0.2) is 24.8 Å². The molecule has 0 aliphatic rings. The van der Waals surface area contributed by atoms with E-state index in [1.54, 1.807) is 30.0 Å². The highest BCUT2D eigenvalue weighted by Gasteiger charge is 2.35. The minimum Gasteiger partial charge on any atom is -0.289 e.